The van der Waals surface area contributed by atoms with Crippen LogP contribution in [0.1, 0.15) is 20.3 Å². The molecule has 1 aromatic rings. The molecule has 1 atom stereocenters. The normalized spacial score (nSPS) is 20.2. The van der Waals surface area contributed by atoms with Crippen molar-refractivity contribution >= 4 is 17.5 Å². The Bertz CT molecular complexity index is 585. The van der Waals surface area contributed by atoms with Crippen LogP contribution in [0.2, 0.25) is 0 Å². The van der Waals surface area contributed by atoms with Gasteiger partial charge in [-0.25, -0.2) is 0 Å². The number of carbonyl (C=O) groups is 2. The number of hydrogen-bond donors (Lipinski definition) is 1. The second-order valence-corrected chi connectivity index (χ2v) is 5.61. The lowest BCUT2D eigenvalue weighted by molar-refractivity contribution is -0.126. The van der Waals surface area contributed by atoms with Gasteiger partial charge in [-0.3, -0.25) is 9.59 Å². The second kappa shape index (κ2) is 5.27. The summed E-state index contributed by atoms with van der Waals surface area (Å²) in [5, 5.41) is 2.86. The van der Waals surface area contributed by atoms with Crippen molar-refractivity contribution in [3.63, 3.8) is 0 Å². The van der Waals surface area contributed by atoms with Crippen molar-refractivity contribution in [3.8, 4) is 11.5 Å². The van der Waals surface area contributed by atoms with E-state index in [1.165, 1.54) is 0 Å². The fourth-order valence-electron chi connectivity index (χ4n) is 2.59. The van der Waals surface area contributed by atoms with E-state index in [0.717, 1.165) is 5.69 Å². The molecule has 0 aliphatic carbocycles. The standard InChI is InChI=1S/C15H18N2O4/c1-9(2)16-15(19)10-5-14(18)17(7-10)11-3-4-12-13(6-11)21-8-20-12/h3-4,6,9-10H,5,7-8H2,1-2H3,(H,16,19)/t10-/m1/s1. The van der Waals surface area contributed by atoms with Gasteiger partial charge in [0.15, 0.2) is 11.5 Å². The highest BCUT2D eigenvalue weighted by atomic mass is 16.7. The van der Waals surface area contributed by atoms with Crippen molar-refractivity contribution < 1.29 is 19.1 Å². The third-order valence-corrected chi connectivity index (χ3v) is 3.59. The van der Waals surface area contributed by atoms with Gasteiger partial charge in [0.05, 0.1) is 5.92 Å². The summed E-state index contributed by atoms with van der Waals surface area (Å²) in [5.41, 5.74) is 0.740. The van der Waals surface area contributed by atoms with Gasteiger partial charge in [-0.15, -0.1) is 0 Å². The van der Waals surface area contributed by atoms with E-state index in [4.69, 9.17) is 9.47 Å². The van der Waals surface area contributed by atoms with E-state index in [2.05, 4.69) is 5.32 Å². The number of ether oxygens (including phenoxy) is 2. The third kappa shape index (κ3) is 2.66. The first-order valence-corrected chi connectivity index (χ1v) is 7.05. The molecule has 0 aromatic heterocycles. The summed E-state index contributed by atoms with van der Waals surface area (Å²) in [6, 6.07) is 5.45. The summed E-state index contributed by atoms with van der Waals surface area (Å²) >= 11 is 0. The maximum absolute atomic E-state index is 12.1. The Balaban J connectivity index is 1.75. The Kier molecular flexibility index (Phi) is 3.45. The number of nitrogens with one attached hydrogen (secondary N) is 1. The van der Waals surface area contributed by atoms with Crippen LogP contribution in [0.4, 0.5) is 5.69 Å². The summed E-state index contributed by atoms with van der Waals surface area (Å²) < 4.78 is 10.6. The van der Waals surface area contributed by atoms with Gasteiger partial charge in [0.25, 0.3) is 0 Å². The Morgan fingerprint density at radius 1 is 1.33 bits per heavy atom. The number of nitrogens with zero attached hydrogens (tertiary/aromatic N) is 1. The van der Waals surface area contributed by atoms with Crippen LogP contribution in [0.3, 0.4) is 0 Å². The molecule has 1 saturated heterocycles. The van der Waals surface area contributed by atoms with Crippen LogP contribution < -0.4 is 19.7 Å². The van der Waals surface area contributed by atoms with Gasteiger partial charge < -0.3 is 19.7 Å². The highest BCUT2D eigenvalue weighted by Gasteiger charge is 2.35. The van der Waals surface area contributed by atoms with Crippen LogP contribution in [0, 0.1) is 5.92 Å². The number of benzene rings is 1. The molecule has 2 amide bonds. The predicted octanol–water partition coefficient (Wildman–Crippen LogP) is 1.29. The van der Waals surface area contributed by atoms with Crippen LogP contribution in [0.15, 0.2) is 18.2 Å². The Morgan fingerprint density at radius 2 is 2.10 bits per heavy atom. The van der Waals surface area contributed by atoms with Crippen LogP contribution in [0.25, 0.3) is 0 Å². The van der Waals surface area contributed by atoms with Crippen LogP contribution in [-0.4, -0.2) is 31.2 Å². The van der Waals surface area contributed by atoms with Crippen LogP contribution >= 0.6 is 0 Å². The Hall–Kier alpha value is -2.24. The van der Waals surface area contributed by atoms with E-state index in [1.807, 2.05) is 19.9 Å². The van der Waals surface area contributed by atoms with Crippen LogP contribution in [-0.2, 0) is 9.59 Å². The molecule has 2 aliphatic rings. The van der Waals surface area contributed by atoms with Gasteiger partial charge in [0, 0.05) is 30.8 Å². The Labute approximate surface area is 123 Å². The molecule has 1 aromatic carbocycles. The minimum absolute atomic E-state index is 0.0437. The lowest BCUT2D eigenvalue weighted by Crippen LogP contribution is -2.36. The topological polar surface area (TPSA) is 67.9 Å². The smallest absolute Gasteiger partial charge is 0.231 e. The second-order valence-electron chi connectivity index (χ2n) is 5.61. The van der Waals surface area contributed by atoms with Crippen molar-refractivity contribution in [2.24, 2.45) is 5.92 Å². The quantitative estimate of drug-likeness (QED) is 0.911. The largest absolute Gasteiger partial charge is 0.454 e. The molecule has 0 spiro atoms. The maximum atomic E-state index is 12.1. The van der Waals surface area contributed by atoms with E-state index < -0.39 is 0 Å². The molecular weight excluding hydrogens is 272 g/mol. The van der Waals surface area contributed by atoms with Gasteiger partial charge in [-0.1, -0.05) is 0 Å². The molecule has 6 heteroatoms. The number of anilines is 1. The molecule has 0 bridgehead atoms. The number of rotatable bonds is 3. The maximum Gasteiger partial charge on any atom is 0.231 e. The minimum atomic E-state index is -0.301. The molecule has 0 saturated carbocycles. The molecule has 2 heterocycles. The zero-order valence-corrected chi connectivity index (χ0v) is 12.1. The summed E-state index contributed by atoms with van der Waals surface area (Å²) in [5.74, 6) is 0.902. The first-order chi connectivity index (χ1) is 10.0. The van der Waals surface area contributed by atoms with Crippen molar-refractivity contribution in [1.82, 2.24) is 5.32 Å². The number of carbonyl (C=O) groups excluding carboxylic acids is 2. The molecule has 0 radical (unpaired) electrons. The molecular formula is C15H18N2O4. The van der Waals surface area contributed by atoms with Crippen molar-refractivity contribution in [2.45, 2.75) is 26.3 Å². The summed E-state index contributed by atoms with van der Waals surface area (Å²) in [6.45, 7) is 4.41. The lowest BCUT2D eigenvalue weighted by atomic mass is 10.1. The average molecular weight is 290 g/mol. The van der Waals surface area contributed by atoms with Gasteiger partial charge in [-0.05, 0) is 26.0 Å². The molecule has 0 unspecified atom stereocenters. The van der Waals surface area contributed by atoms with E-state index >= 15 is 0 Å². The summed E-state index contributed by atoms with van der Waals surface area (Å²) in [7, 11) is 0. The van der Waals surface area contributed by atoms with E-state index in [9.17, 15) is 9.59 Å². The van der Waals surface area contributed by atoms with Gasteiger partial charge in [0.2, 0.25) is 18.6 Å². The minimum Gasteiger partial charge on any atom is -0.454 e. The zero-order valence-electron chi connectivity index (χ0n) is 12.1. The third-order valence-electron chi connectivity index (χ3n) is 3.59. The number of amides is 2. The molecule has 1 N–H and O–H groups in total. The van der Waals surface area contributed by atoms with Gasteiger partial charge >= 0.3 is 0 Å². The van der Waals surface area contributed by atoms with E-state index in [1.54, 1.807) is 17.0 Å². The monoisotopic (exact) mass is 290 g/mol. The Morgan fingerprint density at radius 3 is 2.86 bits per heavy atom. The molecule has 1 fully saturated rings. The highest BCUT2D eigenvalue weighted by Crippen LogP contribution is 2.37. The predicted molar refractivity (Wildman–Crippen MR) is 76.3 cm³/mol. The molecule has 3 rings (SSSR count). The first kappa shape index (κ1) is 13.7. The van der Waals surface area contributed by atoms with Gasteiger partial charge in [-0.2, -0.15) is 0 Å². The molecule has 112 valence electrons. The summed E-state index contributed by atoms with van der Waals surface area (Å²) in [4.78, 5) is 25.8. The molecule has 21 heavy (non-hydrogen) atoms. The summed E-state index contributed by atoms with van der Waals surface area (Å²) in [6.07, 6.45) is 0.243. The average Bonchev–Trinajstić information content (AvgIpc) is 3.03. The van der Waals surface area contributed by atoms with Crippen LogP contribution in [0.5, 0.6) is 11.5 Å². The number of hydrogen-bond acceptors (Lipinski definition) is 4. The van der Waals surface area contributed by atoms with Crippen molar-refractivity contribution in [1.29, 1.82) is 0 Å². The highest BCUT2D eigenvalue weighted by molar-refractivity contribution is 6.00. The fourth-order valence-corrected chi connectivity index (χ4v) is 2.59. The van der Waals surface area contributed by atoms with Gasteiger partial charge in [0.1, 0.15) is 0 Å². The first-order valence-electron chi connectivity index (χ1n) is 7.05. The fraction of sp³-hybridized carbons (Fsp3) is 0.467. The SMILES string of the molecule is CC(C)NC(=O)[C@@H]1CC(=O)N(c2ccc3c(c2)OCO3)C1. The van der Waals surface area contributed by atoms with E-state index in [-0.39, 0.29) is 37.0 Å². The van der Waals surface area contributed by atoms with Crippen molar-refractivity contribution in [2.75, 3.05) is 18.2 Å². The van der Waals surface area contributed by atoms with Crippen molar-refractivity contribution in [3.05, 3.63) is 18.2 Å². The zero-order chi connectivity index (χ0) is 15.0. The van der Waals surface area contributed by atoms with E-state index in [0.29, 0.717) is 18.0 Å². The molecule has 2 aliphatic heterocycles. The molecule has 6 nitrogen and oxygen atoms in total. The lowest BCUT2D eigenvalue weighted by Gasteiger charge is -2.17. The number of fused-ring (bicyclic) bond motifs is 1.